The predicted octanol–water partition coefficient (Wildman–Crippen LogP) is 2.63. The molecule has 1 amide bonds. The van der Waals surface area contributed by atoms with Crippen LogP contribution in [0.4, 0.5) is 5.69 Å². The van der Waals surface area contributed by atoms with Gasteiger partial charge in [-0.2, -0.15) is 0 Å². The second-order valence-corrected chi connectivity index (χ2v) is 7.55. The molecule has 1 aromatic carbocycles. The maximum absolute atomic E-state index is 11.0. The molecule has 3 rings (SSSR count). The number of nitrogens with two attached hydrogens (primary N) is 1. The Kier molecular flexibility index (Phi) is 7.17. The van der Waals surface area contributed by atoms with Crippen LogP contribution in [-0.4, -0.2) is 55.7 Å². The van der Waals surface area contributed by atoms with E-state index in [-0.39, 0.29) is 6.61 Å². The van der Waals surface area contributed by atoms with Crippen molar-refractivity contribution in [2.75, 3.05) is 44.8 Å². The Hall–Kier alpha value is -2.51. The van der Waals surface area contributed by atoms with E-state index >= 15 is 0 Å². The smallest absolute Gasteiger partial charge is 0.255 e. The standard InChI is InChI=1S/C21H27ClN4O3/c1-15-12-24-5-4-18(15)26-7-3-6-25(8-9-26)13-16-10-17(22)21(19(11-16)28-2)29-14-20(23)27/h4-5,10-12H,3,6-9,13-14H2,1-2H3,(H2,23,27). The number of ether oxygens (including phenoxy) is 2. The molecule has 1 aliphatic rings. The van der Waals surface area contributed by atoms with Crippen LogP contribution in [-0.2, 0) is 11.3 Å². The number of methoxy groups -OCH3 is 1. The van der Waals surface area contributed by atoms with Gasteiger partial charge in [0.05, 0.1) is 12.1 Å². The Labute approximate surface area is 176 Å². The van der Waals surface area contributed by atoms with Gasteiger partial charge in [-0.3, -0.25) is 14.7 Å². The van der Waals surface area contributed by atoms with Crippen molar-refractivity contribution >= 4 is 23.2 Å². The van der Waals surface area contributed by atoms with Crippen molar-refractivity contribution in [3.8, 4) is 11.5 Å². The van der Waals surface area contributed by atoms with Crippen LogP contribution in [0.15, 0.2) is 30.6 Å². The summed E-state index contributed by atoms with van der Waals surface area (Å²) in [5.41, 5.74) is 8.64. The summed E-state index contributed by atoms with van der Waals surface area (Å²) in [6.07, 6.45) is 4.84. The SMILES string of the molecule is COc1cc(CN2CCCN(c3ccncc3C)CC2)cc(Cl)c1OCC(N)=O. The third kappa shape index (κ3) is 5.52. The van der Waals surface area contributed by atoms with Gasteiger partial charge in [-0.1, -0.05) is 11.6 Å². The van der Waals surface area contributed by atoms with Crippen molar-refractivity contribution < 1.29 is 14.3 Å². The zero-order chi connectivity index (χ0) is 20.8. The maximum atomic E-state index is 11.0. The number of hydrogen-bond donors (Lipinski definition) is 1. The largest absolute Gasteiger partial charge is 0.493 e. The van der Waals surface area contributed by atoms with Crippen LogP contribution in [0.25, 0.3) is 0 Å². The number of aromatic nitrogens is 1. The Morgan fingerprint density at radius 3 is 2.83 bits per heavy atom. The summed E-state index contributed by atoms with van der Waals surface area (Å²) in [5.74, 6) is 0.273. The third-order valence-electron chi connectivity index (χ3n) is 4.97. The molecule has 1 aromatic heterocycles. The molecule has 8 heteroatoms. The lowest BCUT2D eigenvalue weighted by atomic mass is 10.1. The number of anilines is 1. The summed E-state index contributed by atoms with van der Waals surface area (Å²) in [4.78, 5) is 20.0. The molecule has 2 heterocycles. The first-order valence-electron chi connectivity index (χ1n) is 9.63. The summed E-state index contributed by atoms with van der Waals surface area (Å²) < 4.78 is 10.8. The lowest BCUT2D eigenvalue weighted by molar-refractivity contribution is -0.119. The molecular formula is C21H27ClN4O3. The fourth-order valence-corrected chi connectivity index (χ4v) is 3.88. The zero-order valence-corrected chi connectivity index (χ0v) is 17.6. The van der Waals surface area contributed by atoms with Crippen LogP contribution in [0.2, 0.25) is 5.02 Å². The molecule has 1 fully saturated rings. The zero-order valence-electron chi connectivity index (χ0n) is 16.9. The van der Waals surface area contributed by atoms with Crippen molar-refractivity contribution in [1.82, 2.24) is 9.88 Å². The third-order valence-corrected chi connectivity index (χ3v) is 5.25. The highest BCUT2D eigenvalue weighted by Crippen LogP contribution is 2.36. The fourth-order valence-electron chi connectivity index (χ4n) is 3.60. The first-order valence-corrected chi connectivity index (χ1v) is 10.0. The Morgan fingerprint density at radius 2 is 2.10 bits per heavy atom. The minimum absolute atomic E-state index is 0.244. The number of benzene rings is 1. The molecule has 156 valence electrons. The van der Waals surface area contributed by atoms with Crippen molar-refractivity contribution in [3.05, 3.63) is 46.7 Å². The molecule has 2 N–H and O–H groups in total. The number of nitrogens with zero attached hydrogens (tertiary/aromatic N) is 3. The molecule has 7 nitrogen and oxygen atoms in total. The van der Waals surface area contributed by atoms with E-state index in [1.54, 1.807) is 7.11 Å². The van der Waals surface area contributed by atoms with E-state index in [4.69, 9.17) is 26.8 Å². The molecule has 0 saturated carbocycles. The van der Waals surface area contributed by atoms with Crippen molar-refractivity contribution in [3.63, 3.8) is 0 Å². The van der Waals surface area contributed by atoms with Crippen molar-refractivity contribution in [2.24, 2.45) is 5.73 Å². The molecule has 0 aliphatic carbocycles. The quantitative estimate of drug-likeness (QED) is 0.744. The van der Waals surface area contributed by atoms with Gasteiger partial charge in [0.2, 0.25) is 0 Å². The topological polar surface area (TPSA) is 80.9 Å². The minimum Gasteiger partial charge on any atom is -0.493 e. The van der Waals surface area contributed by atoms with Gasteiger partial charge in [0.1, 0.15) is 0 Å². The highest BCUT2D eigenvalue weighted by atomic mass is 35.5. The molecule has 0 radical (unpaired) electrons. The monoisotopic (exact) mass is 418 g/mol. The number of amides is 1. The molecule has 0 bridgehead atoms. The van der Waals surface area contributed by atoms with Gasteiger partial charge in [-0.15, -0.1) is 0 Å². The van der Waals surface area contributed by atoms with Crippen LogP contribution < -0.4 is 20.1 Å². The number of aryl methyl sites for hydroxylation is 1. The van der Waals surface area contributed by atoms with Gasteiger partial charge in [-0.25, -0.2) is 0 Å². The Bertz CT molecular complexity index is 862. The Morgan fingerprint density at radius 1 is 1.28 bits per heavy atom. The van der Waals surface area contributed by atoms with E-state index in [9.17, 15) is 4.79 Å². The van der Waals surface area contributed by atoms with Gasteiger partial charge >= 0.3 is 0 Å². The predicted molar refractivity (Wildman–Crippen MR) is 114 cm³/mol. The van der Waals surface area contributed by atoms with E-state index in [0.29, 0.717) is 16.5 Å². The molecule has 0 spiro atoms. The van der Waals surface area contributed by atoms with Crippen molar-refractivity contribution in [2.45, 2.75) is 19.9 Å². The lowest BCUT2D eigenvalue weighted by Crippen LogP contribution is -2.30. The molecule has 1 saturated heterocycles. The first-order chi connectivity index (χ1) is 14.0. The lowest BCUT2D eigenvalue weighted by Gasteiger charge is -2.25. The van der Waals surface area contributed by atoms with Crippen LogP contribution in [0, 0.1) is 6.92 Å². The summed E-state index contributed by atoms with van der Waals surface area (Å²) in [5, 5.41) is 0.407. The number of carbonyl (C=O) groups is 1. The molecule has 1 aliphatic heterocycles. The van der Waals surface area contributed by atoms with Crippen LogP contribution in [0.3, 0.4) is 0 Å². The van der Waals surface area contributed by atoms with Crippen LogP contribution in [0.5, 0.6) is 11.5 Å². The highest BCUT2D eigenvalue weighted by molar-refractivity contribution is 6.32. The molecular weight excluding hydrogens is 392 g/mol. The summed E-state index contributed by atoms with van der Waals surface area (Å²) in [6.45, 7) is 6.53. The number of rotatable bonds is 7. The Balaban J connectivity index is 1.67. The van der Waals surface area contributed by atoms with E-state index in [0.717, 1.165) is 44.7 Å². The fraction of sp³-hybridized carbons (Fsp3) is 0.429. The van der Waals surface area contributed by atoms with E-state index in [2.05, 4.69) is 27.8 Å². The highest BCUT2D eigenvalue weighted by Gasteiger charge is 2.19. The van der Waals surface area contributed by atoms with E-state index < -0.39 is 5.91 Å². The number of pyridine rings is 1. The molecule has 29 heavy (non-hydrogen) atoms. The first kappa shape index (κ1) is 21.2. The second kappa shape index (κ2) is 9.80. The number of primary amides is 1. The van der Waals surface area contributed by atoms with Gasteiger partial charge in [-0.05, 0) is 42.7 Å². The van der Waals surface area contributed by atoms with Crippen LogP contribution >= 0.6 is 11.6 Å². The number of halogens is 1. The van der Waals surface area contributed by atoms with Crippen molar-refractivity contribution in [1.29, 1.82) is 0 Å². The second-order valence-electron chi connectivity index (χ2n) is 7.14. The summed E-state index contributed by atoms with van der Waals surface area (Å²) in [6, 6.07) is 5.84. The van der Waals surface area contributed by atoms with Gasteiger partial charge < -0.3 is 20.1 Å². The average Bonchev–Trinajstić information content (AvgIpc) is 2.92. The number of carbonyl (C=O) groups excluding carboxylic acids is 1. The maximum Gasteiger partial charge on any atom is 0.255 e. The average molecular weight is 419 g/mol. The normalized spacial score (nSPS) is 15.1. The number of hydrogen-bond acceptors (Lipinski definition) is 6. The van der Waals surface area contributed by atoms with E-state index in [1.807, 2.05) is 24.5 Å². The summed E-state index contributed by atoms with van der Waals surface area (Å²) >= 11 is 6.38. The van der Waals surface area contributed by atoms with E-state index in [1.165, 1.54) is 11.3 Å². The van der Waals surface area contributed by atoms with Crippen LogP contribution in [0.1, 0.15) is 17.5 Å². The molecule has 0 unspecified atom stereocenters. The van der Waals surface area contributed by atoms with Gasteiger partial charge in [0.15, 0.2) is 18.1 Å². The summed E-state index contributed by atoms with van der Waals surface area (Å²) in [7, 11) is 1.55. The molecule has 0 atom stereocenters. The van der Waals surface area contributed by atoms with Gasteiger partial charge in [0.25, 0.3) is 5.91 Å². The van der Waals surface area contributed by atoms with Gasteiger partial charge in [0, 0.05) is 50.8 Å². The molecule has 2 aromatic rings. The minimum atomic E-state index is -0.564.